The Labute approximate surface area is 756 Å². The summed E-state index contributed by atoms with van der Waals surface area (Å²) in [5.41, 5.74) is 25.6. The molecule has 4 heterocycles. The van der Waals surface area contributed by atoms with Crippen LogP contribution in [0, 0.1) is 113 Å². The van der Waals surface area contributed by atoms with Crippen molar-refractivity contribution in [3.63, 3.8) is 0 Å². The van der Waals surface area contributed by atoms with E-state index in [2.05, 4.69) is 152 Å². The highest BCUT2D eigenvalue weighted by atomic mass is 15.0. The largest absolute Gasteiger partial charge is 0.308 e. The minimum absolute atomic E-state index is 0.290. The van der Waals surface area contributed by atoms with Crippen molar-refractivity contribution >= 4 is 87.2 Å². The summed E-state index contributed by atoms with van der Waals surface area (Å²) in [4.78, 5) is 0. The van der Waals surface area contributed by atoms with Crippen LogP contribution >= 0.6 is 0 Å². The van der Waals surface area contributed by atoms with E-state index in [0.29, 0.717) is 134 Å². The molecule has 0 radical (unpaired) electrons. The molecule has 0 aliphatic heterocycles. The Bertz CT molecular complexity index is 9220. The number of hydrogen-bond donors (Lipinski definition) is 0. The Hall–Kier alpha value is -19.9. The standard InChI is InChI=1S/C118H60N14/c119-61-71-16-15-22-73(48-71)74-33-42-98-96-28-11-13-30-107(96)131(113(98)55-74)117-59-87(93-27-10-5-21-85(93)67-125)60-118(106(117)70-128)132-108-31-14-12-29-97(108)99-43-35-80(56-114(99)132)100-49-72(62-120)32-40-95(100)75-34-41-94(88(50-75)68-126)79-39-47-112-104(54-79)103-53-78(91-25-8-3-19-83(91)65-123)38-46-111(103)130(112)116-58-86(92-26-9-4-20-84(92)66-124)57-115(105(116)69-127)129-109-44-36-76(89-23-6-1-17-81(89)63-121)51-101(109)102-52-77(37-45-110(102)129)90-24-7-2-18-82(90)64-122/h1-60H. The van der Waals surface area contributed by atoms with Crippen LogP contribution in [-0.4, -0.2) is 18.3 Å². The zero-order valence-electron chi connectivity index (χ0n) is 69.9. The predicted molar refractivity (Wildman–Crippen MR) is 520 cm³/mol. The molecule has 4 aromatic heterocycles. The van der Waals surface area contributed by atoms with E-state index >= 15 is 0 Å². The summed E-state index contributed by atoms with van der Waals surface area (Å²) in [5, 5.41) is 117. The molecule has 0 spiro atoms. The summed E-state index contributed by atoms with van der Waals surface area (Å²) in [5.74, 6) is 0. The summed E-state index contributed by atoms with van der Waals surface area (Å²) < 4.78 is 8.44. The summed E-state index contributed by atoms with van der Waals surface area (Å²) in [6, 6.07) is 142. The minimum Gasteiger partial charge on any atom is -0.308 e. The number of nitriles is 10. The fourth-order valence-electron chi connectivity index (χ4n) is 19.6. The van der Waals surface area contributed by atoms with Crippen LogP contribution in [0.1, 0.15) is 55.6 Å². The molecule has 132 heavy (non-hydrogen) atoms. The van der Waals surface area contributed by atoms with E-state index in [4.69, 9.17) is 0 Å². The van der Waals surface area contributed by atoms with E-state index in [-0.39, 0.29) is 5.56 Å². The first-order valence-electron chi connectivity index (χ1n) is 42.5. The molecule has 0 N–H and O–H groups in total. The van der Waals surface area contributed by atoms with Crippen LogP contribution < -0.4 is 0 Å². The van der Waals surface area contributed by atoms with Crippen LogP contribution in [0.2, 0.25) is 0 Å². The first-order valence-corrected chi connectivity index (χ1v) is 42.5. The molecule has 0 unspecified atom stereocenters. The fourth-order valence-corrected chi connectivity index (χ4v) is 19.6. The molecule has 14 heteroatoms. The van der Waals surface area contributed by atoms with Crippen molar-refractivity contribution in [1.82, 2.24) is 18.3 Å². The summed E-state index contributed by atoms with van der Waals surface area (Å²) in [6.07, 6.45) is 0. The van der Waals surface area contributed by atoms with Gasteiger partial charge in [-0.05, 0) is 258 Å². The zero-order chi connectivity index (χ0) is 89.5. The fraction of sp³-hybridized carbons (Fsp3) is 0. The molecule has 0 saturated heterocycles. The van der Waals surface area contributed by atoms with Gasteiger partial charge in [0.25, 0.3) is 0 Å². The van der Waals surface area contributed by atoms with E-state index in [0.717, 1.165) is 126 Å². The molecule has 18 aromatic carbocycles. The maximum atomic E-state index is 12.3. The summed E-state index contributed by atoms with van der Waals surface area (Å²) in [6.45, 7) is 0. The van der Waals surface area contributed by atoms with Crippen molar-refractivity contribution < 1.29 is 0 Å². The van der Waals surface area contributed by atoms with Crippen LogP contribution in [0.15, 0.2) is 364 Å². The van der Waals surface area contributed by atoms with Gasteiger partial charge in [-0.25, -0.2) is 0 Å². The molecule has 22 aromatic rings. The van der Waals surface area contributed by atoms with Crippen LogP contribution in [0.3, 0.4) is 0 Å². The van der Waals surface area contributed by atoms with Crippen LogP contribution in [-0.2, 0) is 0 Å². The van der Waals surface area contributed by atoms with Gasteiger partial charge in [0.05, 0.1) is 160 Å². The number of nitrogens with zero attached hydrogens (tertiary/aromatic N) is 14. The number of para-hydroxylation sites is 2. The molecule has 14 nitrogen and oxygen atoms in total. The van der Waals surface area contributed by atoms with Gasteiger partial charge in [0.1, 0.15) is 23.3 Å². The Morgan fingerprint density at radius 3 is 0.826 bits per heavy atom. The molecule has 22 rings (SSSR count). The van der Waals surface area contributed by atoms with Crippen molar-refractivity contribution in [3.8, 4) is 184 Å². The summed E-state index contributed by atoms with van der Waals surface area (Å²) >= 11 is 0. The third-order valence-corrected chi connectivity index (χ3v) is 25.6. The van der Waals surface area contributed by atoms with Gasteiger partial charge in [-0.2, -0.15) is 52.6 Å². The van der Waals surface area contributed by atoms with Gasteiger partial charge in [0.15, 0.2) is 0 Å². The Morgan fingerprint density at radius 2 is 0.432 bits per heavy atom. The van der Waals surface area contributed by atoms with E-state index in [1.165, 1.54) is 0 Å². The third kappa shape index (κ3) is 12.5. The average Bonchev–Trinajstić information content (AvgIpc) is 1.56. The third-order valence-electron chi connectivity index (χ3n) is 25.6. The Balaban J connectivity index is 0.723. The van der Waals surface area contributed by atoms with Gasteiger partial charge in [-0.1, -0.05) is 206 Å². The molecule has 602 valence electrons. The van der Waals surface area contributed by atoms with E-state index in [1.807, 2.05) is 249 Å². The maximum Gasteiger partial charge on any atom is 0.104 e. The molecule has 0 saturated carbocycles. The quantitative estimate of drug-likeness (QED) is 0.105. The molecule has 0 aliphatic rings. The van der Waals surface area contributed by atoms with Crippen molar-refractivity contribution in [2.75, 3.05) is 0 Å². The van der Waals surface area contributed by atoms with E-state index in [1.54, 1.807) is 42.5 Å². The molecule has 0 amide bonds. The minimum atomic E-state index is 0.290. The number of benzene rings is 18. The smallest absolute Gasteiger partial charge is 0.104 e. The Morgan fingerprint density at radius 1 is 0.144 bits per heavy atom. The van der Waals surface area contributed by atoms with Crippen molar-refractivity contribution in [3.05, 3.63) is 420 Å². The molecule has 0 bridgehead atoms. The lowest BCUT2D eigenvalue weighted by atomic mass is 9.89. The van der Waals surface area contributed by atoms with Gasteiger partial charge in [0, 0.05) is 43.1 Å². The maximum absolute atomic E-state index is 12.3. The predicted octanol–water partition coefficient (Wildman–Crippen LogP) is 27.8. The SMILES string of the molecule is N#Cc1cccc(-c2ccc3c4ccccc4n(-c4cc(-c5ccccc5C#N)cc(-n5c6ccccc6c6ccc(-c7cc(C#N)ccc7-c7ccc(-c8ccc9c(c8)c8cc(-c%10ccccc%10C#N)ccc8n9-c8cc(-c9ccccc9C#N)cc(-n9c%10ccc(-c%11ccccc%11C#N)cc%10c%10cc(-c%11ccccc%11C#N)ccc%109)c8C#N)c(C#N)c7)cc65)c4C#N)c3c2)c1. The van der Waals surface area contributed by atoms with Crippen molar-refractivity contribution in [2.24, 2.45) is 0 Å². The molecular formula is C118H60N14. The number of fused-ring (bicyclic) bond motifs is 12. The van der Waals surface area contributed by atoms with E-state index in [9.17, 15) is 52.6 Å². The second-order valence-corrected chi connectivity index (χ2v) is 32.5. The van der Waals surface area contributed by atoms with Gasteiger partial charge >= 0.3 is 0 Å². The van der Waals surface area contributed by atoms with Gasteiger partial charge in [-0.3, -0.25) is 0 Å². The number of rotatable bonds is 13. The Kier molecular flexibility index (Phi) is 18.7. The number of aromatic nitrogens is 4. The van der Waals surface area contributed by atoms with Crippen molar-refractivity contribution in [2.45, 2.75) is 0 Å². The lowest BCUT2D eigenvalue weighted by Gasteiger charge is -2.19. The first kappa shape index (κ1) is 78.1. The average molecular weight is 1670 g/mol. The molecular weight excluding hydrogens is 1610 g/mol. The lowest BCUT2D eigenvalue weighted by Crippen LogP contribution is -2.05. The zero-order valence-corrected chi connectivity index (χ0v) is 69.9. The second-order valence-electron chi connectivity index (χ2n) is 32.5. The van der Waals surface area contributed by atoms with Crippen LogP contribution in [0.5, 0.6) is 0 Å². The van der Waals surface area contributed by atoms with E-state index < -0.39 is 0 Å². The highest BCUT2D eigenvalue weighted by Gasteiger charge is 2.29. The van der Waals surface area contributed by atoms with Crippen LogP contribution in [0.25, 0.3) is 210 Å². The summed E-state index contributed by atoms with van der Waals surface area (Å²) in [7, 11) is 0. The first-order chi connectivity index (χ1) is 65.0. The molecule has 0 fully saturated rings. The second kappa shape index (κ2) is 31.7. The number of hydrogen-bond acceptors (Lipinski definition) is 10. The van der Waals surface area contributed by atoms with Gasteiger partial charge in [-0.15, -0.1) is 0 Å². The normalized spacial score (nSPS) is 11.1. The highest BCUT2D eigenvalue weighted by molar-refractivity contribution is 6.17. The molecule has 0 atom stereocenters. The van der Waals surface area contributed by atoms with Gasteiger partial charge in [0.2, 0.25) is 0 Å². The topological polar surface area (TPSA) is 258 Å². The lowest BCUT2D eigenvalue weighted by molar-refractivity contribution is 1.12. The highest BCUT2D eigenvalue weighted by Crippen LogP contribution is 2.49. The molecule has 0 aliphatic carbocycles. The van der Waals surface area contributed by atoms with Crippen molar-refractivity contribution in [1.29, 1.82) is 52.6 Å². The monoisotopic (exact) mass is 1670 g/mol. The van der Waals surface area contributed by atoms with Gasteiger partial charge < -0.3 is 18.3 Å². The van der Waals surface area contributed by atoms with Crippen LogP contribution in [0.4, 0.5) is 0 Å².